The smallest absolute Gasteiger partial charge is 0.233 e. The largest absolute Gasteiger partial charge is 0.329 e. The number of fused-ring (bicyclic) bond motifs is 1. The highest BCUT2D eigenvalue weighted by Crippen LogP contribution is 2.34. The fourth-order valence-electron chi connectivity index (χ4n) is 2.54. The number of likely N-dealkylation sites (N-methyl/N-ethyl adjacent to an activating group) is 1. The minimum Gasteiger partial charge on any atom is -0.329 e. The van der Waals surface area contributed by atoms with E-state index in [-0.39, 0.29) is 0 Å². The lowest BCUT2D eigenvalue weighted by Crippen LogP contribution is -2.39. The Kier molecular flexibility index (Phi) is 3.01. The first-order chi connectivity index (χ1) is 8.78. The third kappa shape index (κ3) is 2.23. The molecule has 2 aromatic heterocycles. The molecule has 5 heteroatoms. The maximum Gasteiger partial charge on any atom is 0.233 e. The molecule has 0 spiro atoms. The molecule has 2 N–H and O–H groups in total. The number of imidazole rings is 1. The molecule has 96 valence electrons. The monoisotopic (exact) mass is 245 g/mol. The summed E-state index contributed by atoms with van der Waals surface area (Å²) < 4.78 is 1.96. The molecular formula is C13H19N5. The molecule has 0 aliphatic heterocycles. The van der Waals surface area contributed by atoms with Gasteiger partial charge in [-0.05, 0) is 31.9 Å². The highest BCUT2D eigenvalue weighted by Gasteiger charge is 2.32. The van der Waals surface area contributed by atoms with Gasteiger partial charge in [0, 0.05) is 37.7 Å². The average Bonchev–Trinajstić information content (AvgIpc) is 3.09. The van der Waals surface area contributed by atoms with Gasteiger partial charge in [0.05, 0.1) is 5.69 Å². The van der Waals surface area contributed by atoms with Crippen LogP contribution in [0.15, 0.2) is 24.7 Å². The van der Waals surface area contributed by atoms with Crippen LogP contribution in [0.5, 0.6) is 0 Å². The van der Waals surface area contributed by atoms with Gasteiger partial charge in [0.15, 0.2) is 0 Å². The van der Waals surface area contributed by atoms with Gasteiger partial charge in [-0.2, -0.15) is 0 Å². The summed E-state index contributed by atoms with van der Waals surface area (Å²) in [5, 5.41) is 0. The Morgan fingerprint density at radius 2 is 2.39 bits per heavy atom. The molecule has 1 fully saturated rings. The summed E-state index contributed by atoms with van der Waals surface area (Å²) in [5.41, 5.74) is 6.91. The Hall–Kier alpha value is -1.46. The number of nitrogens with two attached hydrogens (primary N) is 1. The lowest BCUT2D eigenvalue weighted by atomic mass is 10.1. The van der Waals surface area contributed by atoms with Crippen molar-refractivity contribution in [1.29, 1.82) is 0 Å². The third-order valence-corrected chi connectivity index (χ3v) is 3.67. The number of hydrogen-bond donors (Lipinski definition) is 1. The first kappa shape index (κ1) is 11.6. The topological polar surface area (TPSA) is 59.5 Å². The Balaban J connectivity index is 1.74. The molecule has 1 unspecified atom stereocenters. The fraction of sp³-hybridized carbons (Fsp3) is 0.538. The SMILES string of the molecule is CN(Cc1cn2cccnc2n1)C(CN)C1CC1. The molecule has 2 aromatic rings. The van der Waals surface area contributed by atoms with Crippen LogP contribution in [-0.4, -0.2) is 38.9 Å². The van der Waals surface area contributed by atoms with Gasteiger partial charge in [-0.15, -0.1) is 0 Å². The molecule has 1 saturated carbocycles. The van der Waals surface area contributed by atoms with Gasteiger partial charge in [0.2, 0.25) is 5.78 Å². The maximum atomic E-state index is 5.86. The number of hydrogen-bond acceptors (Lipinski definition) is 4. The number of rotatable bonds is 5. The van der Waals surface area contributed by atoms with Crippen molar-refractivity contribution in [3.63, 3.8) is 0 Å². The quantitative estimate of drug-likeness (QED) is 0.850. The van der Waals surface area contributed by atoms with Gasteiger partial charge < -0.3 is 5.73 Å². The van der Waals surface area contributed by atoms with Crippen molar-refractivity contribution >= 4 is 5.78 Å². The van der Waals surface area contributed by atoms with E-state index >= 15 is 0 Å². The van der Waals surface area contributed by atoms with Crippen LogP contribution in [0.1, 0.15) is 18.5 Å². The first-order valence-corrected chi connectivity index (χ1v) is 6.47. The van der Waals surface area contributed by atoms with Crippen LogP contribution in [0.3, 0.4) is 0 Å². The second-order valence-electron chi connectivity index (χ2n) is 5.11. The first-order valence-electron chi connectivity index (χ1n) is 6.47. The van der Waals surface area contributed by atoms with Crippen LogP contribution in [0, 0.1) is 5.92 Å². The molecule has 3 rings (SSSR count). The zero-order valence-corrected chi connectivity index (χ0v) is 10.7. The van der Waals surface area contributed by atoms with E-state index in [1.165, 1.54) is 12.8 Å². The number of nitrogens with zero attached hydrogens (tertiary/aromatic N) is 4. The zero-order valence-electron chi connectivity index (χ0n) is 10.7. The highest BCUT2D eigenvalue weighted by atomic mass is 15.2. The molecule has 1 atom stereocenters. The molecule has 0 saturated heterocycles. The van der Waals surface area contributed by atoms with Gasteiger partial charge in [0.25, 0.3) is 0 Å². The molecule has 1 aliphatic rings. The standard InChI is InChI=1S/C13H19N5/c1-17(12(7-14)10-3-4-10)8-11-9-18-6-2-5-15-13(18)16-11/h2,5-6,9-10,12H,3-4,7-8,14H2,1H3. The van der Waals surface area contributed by atoms with Crippen LogP contribution in [0.2, 0.25) is 0 Å². The maximum absolute atomic E-state index is 5.86. The van der Waals surface area contributed by atoms with E-state index in [1.807, 2.05) is 22.9 Å². The molecule has 18 heavy (non-hydrogen) atoms. The second kappa shape index (κ2) is 4.66. The summed E-state index contributed by atoms with van der Waals surface area (Å²) in [5.74, 6) is 1.55. The Bertz CT molecular complexity index is 498. The molecule has 0 radical (unpaired) electrons. The van der Waals surface area contributed by atoms with Crippen molar-refractivity contribution in [2.24, 2.45) is 11.7 Å². The highest BCUT2D eigenvalue weighted by molar-refractivity contribution is 5.29. The number of aromatic nitrogens is 3. The van der Waals surface area contributed by atoms with Crippen LogP contribution < -0.4 is 5.73 Å². The summed E-state index contributed by atoms with van der Waals surface area (Å²) in [7, 11) is 2.13. The van der Waals surface area contributed by atoms with E-state index in [9.17, 15) is 0 Å². The predicted octanol–water partition coefficient (Wildman–Crippen LogP) is 0.898. The van der Waals surface area contributed by atoms with E-state index in [0.29, 0.717) is 6.04 Å². The summed E-state index contributed by atoms with van der Waals surface area (Å²) in [4.78, 5) is 11.1. The normalized spacial score (nSPS) is 17.5. The predicted molar refractivity (Wildman–Crippen MR) is 70.0 cm³/mol. The molecule has 0 amide bonds. The van der Waals surface area contributed by atoms with E-state index in [2.05, 4.69) is 21.9 Å². The fourth-order valence-corrected chi connectivity index (χ4v) is 2.54. The Labute approximate surface area is 107 Å². The summed E-state index contributed by atoms with van der Waals surface area (Å²) in [6.07, 6.45) is 8.42. The average molecular weight is 245 g/mol. The van der Waals surface area contributed by atoms with E-state index in [0.717, 1.165) is 30.5 Å². The lowest BCUT2D eigenvalue weighted by molar-refractivity contribution is 0.213. The van der Waals surface area contributed by atoms with Crippen molar-refractivity contribution in [2.75, 3.05) is 13.6 Å². The Morgan fingerprint density at radius 3 is 3.06 bits per heavy atom. The van der Waals surface area contributed by atoms with Crippen molar-refractivity contribution in [3.8, 4) is 0 Å². The van der Waals surface area contributed by atoms with Crippen LogP contribution in [0.25, 0.3) is 5.78 Å². The van der Waals surface area contributed by atoms with Gasteiger partial charge in [-0.25, -0.2) is 9.97 Å². The molecule has 0 aromatic carbocycles. The minimum atomic E-state index is 0.489. The summed E-state index contributed by atoms with van der Waals surface area (Å²) in [6.45, 7) is 1.56. The summed E-state index contributed by atoms with van der Waals surface area (Å²) >= 11 is 0. The molecule has 0 bridgehead atoms. The third-order valence-electron chi connectivity index (χ3n) is 3.67. The lowest BCUT2D eigenvalue weighted by Gasteiger charge is -2.25. The van der Waals surface area contributed by atoms with Crippen LogP contribution in [0.4, 0.5) is 0 Å². The van der Waals surface area contributed by atoms with E-state index < -0.39 is 0 Å². The molecular weight excluding hydrogens is 226 g/mol. The van der Waals surface area contributed by atoms with Crippen LogP contribution >= 0.6 is 0 Å². The molecule has 5 nitrogen and oxygen atoms in total. The van der Waals surface area contributed by atoms with E-state index in [4.69, 9.17) is 5.73 Å². The Morgan fingerprint density at radius 1 is 1.56 bits per heavy atom. The molecule has 1 aliphatic carbocycles. The minimum absolute atomic E-state index is 0.489. The van der Waals surface area contributed by atoms with Gasteiger partial charge in [0.1, 0.15) is 0 Å². The summed E-state index contributed by atoms with van der Waals surface area (Å²) in [6, 6.07) is 2.40. The zero-order chi connectivity index (χ0) is 12.5. The second-order valence-corrected chi connectivity index (χ2v) is 5.11. The van der Waals surface area contributed by atoms with Gasteiger partial charge >= 0.3 is 0 Å². The van der Waals surface area contributed by atoms with Gasteiger partial charge in [-0.1, -0.05) is 0 Å². The van der Waals surface area contributed by atoms with Crippen molar-refractivity contribution < 1.29 is 0 Å². The van der Waals surface area contributed by atoms with Crippen molar-refractivity contribution in [3.05, 3.63) is 30.4 Å². The van der Waals surface area contributed by atoms with Crippen molar-refractivity contribution in [2.45, 2.75) is 25.4 Å². The van der Waals surface area contributed by atoms with Crippen LogP contribution in [-0.2, 0) is 6.54 Å². The van der Waals surface area contributed by atoms with Crippen molar-refractivity contribution in [1.82, 2.24) is 19.3 Å². The molecule has 2 heterocycles. The van der Waals surface area contributed by atoms with Gasteiger partial charge in [-0.3, -0.25) is 9.30 Å². The van der Waals surface area contributed by atoms with E-state index in [1.54, 1.807) is 6.20 Å².